The van der Waals surface area contributed by atoms with Crippen molar-refractivity contribution < 1.29 is 4.79 Å². The Morgan fingerprint density at radius 3 is 2.62 bits per heavy atom. The average Bonchev–Trinajstić information content (AvgIpc) is 3.39. The zero-order chi connectivity index (χ0) is 20.4. The van der Waals surface area contributed by atoms with E-state index in [0.29, 0.717) is 10.2 Å². The summed E-state index contributed by atoms with van der Waals surface area (Å²) in [6.07, 6.45) is 1.46. The molecule has 1 aromatic carbocycles. The number of rotatable bonds is 6. The van der Waals surface area contributed by atoms with E-state index in [0.717, 1.165) is 16.0 Å². The van der Waals surface area contributed by atoms with Gasteiger partial charge in [-0.15, -0.1) is 22.7 Å². The van der Waals surface area contributed by atoms with Crippen LogP contribution in [0.15, 0.2) is 64.3 Å². The van der Waals surface area contributed by atoms with Crippen molar-refractivity contribution in [2.75, 3.05) is 0 Å². The normalized spacial score (nSPS) is 12.4. The summed E-state index contributed by atoms with van der Waals surface area (Å²) in [4.78, 5) is 32.0. The SMILES string of the molecule is CC(C)C(NC(=O)Cn1cnc2scc(-c3ccccc3)c2c1=O)c1cccs1. The molecule has 4 rings (SSSR count). The van der Waals surface area contributed by atoms with E-state index in [2.05, 4.69) is 24.1 Å². The fourth-order valence-electron chi connectivity index (χ4n) is 3.32. The second kappa shape index (κ2) is 8.31. The number of fused-ring (bicyclic) bond motifs is 1. The molecule has 3 heterocycles. The molecule has 0 aliphatic heterocycles. The molecule has 0 saturated carbocycles. The van der Waals surface area contributed by atoms with E-state index in [1.807, 2.05) is 53.2 Å². The van der Waals surface area contributed by atoms with Crippen LogP contribution in [0.3, 0.4) is 0 Å². The topological polar surface area (TPSA) is 64.0 Å². The van der Waals surface area contributed by atoms with Crippen molar-refractivity contribution in [3.8, 4) is 11.1 Å². The zero-order valence-electron chi connectivity index (χ0n) is 16.2. The largest absolute Gasteiger partial charge is 0.347 e. The number of amides is 1. The van der Waals surface area contributed by atoms with Gasteiger partial charge in [-0.3, -0.25) is 14.2 Å². The molecular weight excluding hydrogens is 402 g/mol. The van der Waals surface area contributed by atoms with Gasteiger partial charge in [-0.05, 0) is 22.9 Å². The van der Waals surface area contributed by atoms with Gasteiger partial charge in [-0.2, -0.15) is 0 Å². The molecule has 0 saturated heterocycles. The van der Waals surface area contributed by atoms with E-state index in [9.17, 15) is 9.59 Å². The van der Waals surface area contributed by atoms with Gasteiger partial charge in [0.05, 0.1) is 17.8 Å². The van der Waals surface area contributed by atoms with Crippen molar-refractivity contribution in [3.05, 3.63) is 74.8 Å². The fraction of sp³-hybridized carbons (Fsp3) is 0.227. The lowest BCUT2D eigenvalue weighted by molar-refractivity contribution is -0.122. The van der Waals surface area contributed by atoms with Crippen molar-refractivity contribution in [3.63, 3.8) is 0 Å². The third-order valence-electron chi connectivity index (χ3n) is 4.79. The summed E-state index contributed by atoms with van der Waals surface area (Å²) in [5.41, 5.74) is 1.64. The van der Waals surface area contributed by atoms with Gasteiger partial charge in [-0.25, -0.2) is 4.98 Å². The van der Waals surface area contributed by atoms with E-state index in [-0.39, 0.29) is 30.0 Å². The molecule has 4 aromatic rings. The summed E-state index contributed by atoms with van der Waals surface area (Å²) in [6.45, 7) is 4.09. The molecule has 0 radical (unpaired) electrons. The predicted molar refractivity (Wildman–Crippen MR) is 119 cm³/mol. The minimum absolute atomic E-state index is 0.0551. The van der Waals surface area contributed by atoms with Crippen LogP contribution in [0.25, 0.3) is 21.3 Å². The molecular formula is C22H21N3O2S2. The molecule has 3 aromatic heterocycles. The van der Waals surface area contributed by atoms with Crippen molar-refractivity contribution in [2.45, 2.75) is 26.4 Å². The van der Waals surface area contributed by atoms with E-state index in [1.54, 1.807) is 11.3 Å². The summed E-state index contributed by atoms with van der Waals surface area (Å²) in [5, 5.41) is 7.58. The van der Waals surface area contributed by atoms with Crippen LogP contribution in [0.2, 0.25) is 0 Å². The highest BCUT2D eigenvalue weighted by Gasteiger charge is 2.20. The maximum Gasteiger partial charge on any atom is 0.263 e. The molecule has 1 amide bonds. The maximum absolute atomic E-state index is 13.1. The van der Waals surface area contributed by atoms with Crippen LogP contribution in [0, 0.1) is 5.92 Å². The van der Waals surface area contributed by atoms with Gasteiger partial charge in [0.15, 0.2) is 0 Å². The molecule has 29 heavy (non-hydrogen) atoms. The maximum atomic E-state index is 13.1. The highest BCUT2D eigenvalue weighted by Crippen LogP contribution is 2.30. The minimum atomic E-state index is -0.197. The molecule has 0 aliphatic rings. The van der Waals surface area contributed by atoms with Crippen LogP contribution in [-0.2, 0) is 11.3 Å². The molecule has 5 nitrogen and oxygen atoms in total. The van der Waals surface area contributed by atoms with Gasteiger partial charge in [-0.1, -0.05) is 50.2 Å². The Balaban J connectivity index is 1.62. The van der Waals surface area contributed by atoms with Crippen LogP contribution in [0.4, 0.5) is 0 Å². The molecule has 0 spiro atoms. The van der Waals surface area contributed by atoms with E-state index in [1.165, 1.54) is 22.2 Å². The van der Waals surface area contributed by atoms with E-state index < -0.39 is 0 Å². The first-order valence-electron chi connectivity index (χ1n) is 9.39. The number of thiophene rings is 2. The fourth-order valence-corrected chi connectivity index (χ4v) is 5.17. The van der Waals surface area contributed by atoms with Crippen LogP contribution >= 0.6 is 22.7 Å². The lowest BCUT2D eigenvalue weighted by Gasteiger charge is -2.21. The Hall–Kier alpha value is -2.77. The number of hydrogen-bond donors (Lipinski definition) is 1. The Labute approximate surface area is 176 Å². The Bertz CT molecular complexity index is 1180. The summed E-state index contributed by atoms with van der Waals surface area (Å²) >= 11 is 3.06. The summed E-state index contributed by atoms with van der Waals surface area (Å²) in [7, 11) is 0. The molecule has 0 aliphatic carbocycles. The molecule has 1 unspecified atom stereocenters. The van der Waals surface area contributed by atoms with Gasteiger partial charge in [0.2, 0.25) is 5.91 Å². The number of nitrogens with zero attached hydrogens (tertiary/aromatic N) is 2. The first-order valence-corrected chi connectivity index (χ1v) is 11.2. The van der Waals surface area contributed by atoms with E-state index in [4.69, 9.17) is 0 Å². The van der Waals surface area contributed by atoms with Crippen LogP contribution in [0.5, 0.6) is 0 Å². The van der Waals surface area contributed by atoms with Gasteiger partial charge >= 0.3 is 0 Å². The lowest BCUT2D eigenvalue weighted by Crippen LogP contribution is -2.36. The molecule has 1 N–H and O–H groups in total. The first kappa shape index (κ1) is 19.5. The van der Waals surface area contributed by atoms with Crippen molar-refractivity contribution in [1.82, 2.24) is 14.9 Å². The summed E-state index contributed by atoms with van der Waals surface area (Å²) in [5.74, 6) is 0.0494. The predicted octanol–water partition coefficient (Wildman–Crippen LogP) is 4.70. The Morgan fingerprint density at radius 2 is 1.93 bits per heavy atom. The van der Waals surface area contributed by atoms with Gasteiger partial charge in [0.1, 0.15) is 11.4 Å². The monoisotopic (exact) mass is 423 g/mol. The first-order chi connectivity index (χ1) is 14.0. The van der Waals surface area contributed by atoms with Gasteiger partial charge in [0.25, 0.3) is 5.56 Å². The second-order valence-electron chi connectivity index (χ2n) is 7.18. The Kier molecular flexibility index (Phi) is 5.60. The second-order valence-corrected chi connectivity index (χ2v) is 9.02. The van der Waals surface area contributed by atoms with E-state index >= 15 is 0 Å². The van der Waals surface area contributed by atoms with Crippen molar-refractivity contribution >= 4 is 38.8 Å². The summed E-state index contributed by atoms with van der Waals surface area (Å²) in [6, 6.07) is 13.7. The smallest absolute Gasteiger partial charge is 0.263 e. The number of nitrogens with one attached hydrogen (secondary N) is 1. The third-order valence-corrected chi connectivity index (χ3v) is 6.63. The minimum Gasteiger partial charge on any atom is -0.347 e. The molecule has 1 atom stereocenters. The number of aromatic nitrogens is 2. The van der Waals surface area contributed by atoms with Gasteiger partial charge < -0.3 is 5.32 Å². The molecule has 148 valence electrons. The lowest BCUT2D eigenvalue weighted by atomic mass is 10.0. The summed E-state index contributed by atoms with van der Waals surface area (Å²) < 4.78 is 1.39. The third kappa shape index (κ3) is 4.02. The highest BCUT2D eigenvalue weighted by molar-refractivity contribution is 7.17. The molecule has 7 heteroatoms. The number of carbonyl (C=O) groups is 1. The number of benzene rings is 1. The van der Waals surface area contributed by atoms with Crippen LogP contribution in [0.1, 0.15) is 24.8 Å². The zero-order valence-corrected chi connectivity index (χ0v) is 17.8. The Morgan fingerprint density at radius 1 is 1.14 bits per heavy atom. The standard InChI is InChI=1S/C22H21N3O2S2/c1-14(2)20(17-9-6-10-28-17)24-18(26)11-25-13-23-21-19(22(25)27)16(12-29-21)15-7-4-3-5-8-15/h3-10,12-14,20H,11H2,1-2H3,(H,24,26). The van der Waals surface area contributed by atoms with Crippen molar-refractivity contribution in [2.24, 2.45) is 5.92 Å². The molecule has 0 fully saturated rings. The van der Waals surface area contributed by atoms with Crippen molar-refractivity contribution in [1.29, 1.82) is 0 Å². The average molecular weight is 424 g/mol. The van der Waals surface area contributed by atoms with Gasteiger partial charge in [0, 0.05) is 15.8 Å². The van der Waals surface area contributed by atoms with Crippen LogP contribution < -0.4 is 10.9 Å². The molecule has 0 bridgehead atoms. The quantitative estimate of drug-likeness (QED) is 0.489. The highest BCUT2D eigenvalue weighted by atomic mass is 32.1. The van der Waals surface area contributed by atoms with Crippen LogP contribution in [-0.4, -0.2) is 15.5 Å². The number of hydrogen-bond acceptors (Lipinski definition) is 5. The number of carbonyl (C=O) groups excluding carboxylic acids is 1.